The van der Waals surface area contributed by atoms with Crippen LogP contribution in [0.5, 0.6) is 0 Å². The first-order valence-electron chi connectivity index (χ1n) is 7.97. The van der Waals surface area contributed by atoms with Gasteiger partial charge in [0.25, 0.3) is 5.91 Å². The van der Waals surface area contributed by atoms with Crippen molar-refractivity contribution in [3.05, 3.63) is 59.7 Å². The van der Waals surface area contributed by atoms with Crippen molar-refractivity contribution in [1.29, 1.82) is 0 Å². The number of carbonyl (C=O) groups is 1. The second-order valence-electron chi connectivity index (χ2n) is 6.33. The van der Waals surface area contributed by atoms with Crippen molar-refractivity contribution in [3.8, 4) is 23.2 Å². The molecule has 0 aliphatic heterocycles. The highest BCUT2D eigenvalue weighted by Crippen LogP contribution is 2.30. The minimum Gasteiger partial charge on any atom is -0.456 e. The fourth-order valence-electron chi connectivity index (χ4n) is 2.45. The van der Waals surface area contributed by atoms with Gasteiger partial charge in [0.05, 0.1) is 0 Å². The van der Waals surface area contributed by atoms with E-state index < -0.39 is 22.0 Å². The first kappa shape index (κ1) is 18.6. The number of fused-ring (bicyclic) bond motifs is 1. The minimum atomic E-state index is -2.84. The van der Waals surface area contributed by atoms with Crippen LogP contribution in [-0.4, -0.2) is 25.0 Å². The van der Waals surface area contributed by atoms with Gasteiger partial charge in [-0.15, -0.1) is 0 Å². The van der Waals surface area contributed by atoms with Crippen LogP contribution in [0.4, 0.5) is 0 Å². The number of aliphatic hydroxyl groups is 1. The highest BCUT2D eigenvalue weighted by molar-refractivity contribution is 7.62. The molecule has 2 aromatic carbocycles. The SMILES string of the molecule is CC(C)(O)C#Cc1cc(C(=O)N=S(=O)=O)ccc1-c1cc2ccccc2o1. The summed E-state index contributed by atoms with van der Waals surface area (Å²) >= 11 is 0. The molecular weight excluding hydrogens is 366 g/mol. The number of hydrogen-bond acceptors (Lipinski definition) is 5. The molecule has 0 bridgehead atoms. The lowest BCUT2D eigenvalue weighted by molar-refractivity contribution is 0.100. The van der Waals surface area contributed by atoms with E-state index in [-0.39, 0.29) is 5.56 Å². The lowest BCUT2D eigenvalue weighted by atomic mass is 10.0. The zero-order chi connectivity index (χ0) is 19.6. The van der Waals surface area contributed by atoms with Crippen molar-refractivity contribution in [2.75, 3.05) is 0 Å². The number of para-hydroxylation sites is 1. The van der Waals surface area contributed by atoms with Crippen molar-refractivity contribution in [3.63, 3.8) is 0 Å². The molecule has 0 radical (unpaired) electrons. The molecule has 6 nitrogen and oxygen atoms in total. The maximum atomic E-state index is 11.9. The second kappa shape index (κ2) is 7.19. The van der Waals surface area contributed by atoms with Crippen LogP contribution in [0.1, 0.15) is 29.8 Å². The van der Waals surface area contributed by atoms with Crippen molar-refractivity contribution in [1.82, 2.24) is 0 Å². The topological polar surface area (TPSA) is 96.9 Å². The molecular formula is C20H15NO5S. The van der Waals surface area contributed by atoms with E-state index in [9.17, 15) is 18.3 Å². The Balaban J connectivity index is 2.18. The molecule has 0 spiro atoms. The molecule has 0 fully saturated rings. The maximum Gasteiger partial charge on any atom is 0.319 e. The Morgan fingerprint density at radius 3 is 2.56 bits per heavy atom. The molecule has 27 heavy (non-hydrogen) atoms. The van der Waals surface area contributed by atoms with Crippen molar-refractivity contribution < 1.29 is 22.7 Å². The van der Waals surface area contributed by atoms with Gasteiger partial charge in [0.15, 0.2) is 0 Å². The van der Waals surface area contributed by atoms with Gasteiger partial charge >= 0.3 is 10.5 Å². The molecule has 1 amide bonds. The molecule has 3 aromatic rings. The van der Waals surface area contributed by atoms with Gasteiger partial charge < -0.3 is 9.52 Å². The molecule has 1 heterocycles. The molecule has 3 rings (SSSR count). The fourth-order valence-corrected chi connectivity index (χ4v) is 2.69. The third-order valence-corrected chi connectivity index (χ3v) is 3.93. The van der Waals surface area contributed by atoms with Crippen LogP contribution in [0, 0.1) is 11.8 Å². The zero-order valence-corrected chi connectivity index (χ0v) is 15.4. The van der Waals surface area contributed by atoms with Crippen LogP contribution < -0.4 is 0 Å². The van der Waals surface area contributed by atoms with E-state index in [0.29, 0.717) is 22.5 Å². The van der Waals surface area contributed by atoms with Gasteiger partial charge in [-0.1, -0.05) is 34.4 Å². The standard InChI is InChI=1S/C20H15NO5S/c1-20(2,23)10-9-13-11-15(19(22)21-27(24)25)7-8-16(13)18-12-14-5-3-4-6-17(14)26-18/h3-8,11-12,23H,1-2H3. The van der Waals surface area contributed by atoms with Gasteiger partial charge in [0.1, 0.15) is 16.9 Å². The molecule has 0 atom stereocenters. The average molecular weight is 381 g/mol. The molecule has 1 aromatic heterocycles. The van der Waals surface area contributed by atoms with Crippen LogP contribution in [-0.2, 0) is 10.5 Å². The average Bonchev–Trinajstić information content (AvgIpc) is 3.02. The Morgan fingerprint density at radius 1 is 1.15 bits per heavy atom. The summed E-state index contributed by atoms with van der Waals surface area (Å²) in [6.45, 7) is 3.07. The number of carbonyl (C=O) groups excluding carboxylic acids is 1. The predicted octanol–water partition coefficient (Wildman–Crippen LogP) is 3.43. The largest absolute Gasteiger partial charge is 0.456 e. The molecule has 0 aliphatic rings. The second-order valence-corrected chi connectivity index (χ2v) is 6.95. The van der Waals surface area contributed by atoms with Crippen LogP contribution >= 0.6 is 0 Å². The van der Waals surface area contributed by atoms with Crippen LogP contribution in [0.25, 0.3) is 22.3 Å². The highest BCUT2D eigenvalue weighted by Gasteiger charge is 2.14. The van der Waals surface area contributed by atoms with E-state index in [1.165, 1.54) is 26.0 Å². The summed E-state index contributed by atoms with van der Waals surface area (Å²) in [5.41, 5.74) is 0.549. The first-order valence-corrected chi connectivity index (χ1v) is 9.00. The van der Waals surface area contributed by atoms with Crippen LogP contribution in [0.15, 0.2) is 57.3 Å². The smallest absolute Gasteiger partial charge is 0.319 e. The molecule has 0 saturated heterocycles. The zero-order valence-electron chi connectivity index (χ0n) is 14.6. The van der Waals surface area contributed by atoms with Gasteiger partial charge in [0, 0.05) is 22.1 Å². The summed E-state index contributed by atoms with van der Waals surface area (Å²) < 4.78 is 30.1. The summed E-state index contributed by atoms with van der Waals surface area (Å²) in [4.78, 5) is 11.9. The van der Waals surface area contributed by atoms with E-state index in [4.69, 9.17) is 4.42 Å². The Bertz CT molecular complexity index is 1190. The molecule has 0 unspecified atom stereocenters. The van der Waals surface area contributed by atoms with Gasteiger partial charge in [-0.3, -0.25) is 4.79 Å². The summed E-state index contributed by atoms with van der Waals surface area (Å²) in [6.07, 6.45) is 0. The third-order valence-electron chi connectivity index (χ3n) is 3.62. The van der Waals surface area contributed by atoms with Crippen molar-refractivity contribution >= 4 is 27.4 Å². The number of benzene rings is 2. The van der Waals surface area contributed by atoms with Crippen molar-refractivity contribution in [2.24, 2.45) is 4.36 Å². The molecule has 0 saturated carbocycles. The summed E-state index contributed by atoms with van der Waals surface area (Å²) in [5.74, 6) is 5.17. The fraction of sp³-hybridized carbons (Fsp3) is 0.150. The maximum absolute atomic E-state index is 11.9. The monoisotopic (exact) mass is 381 g/mol. The number of furan rings is 1. The normalized spacial score (nSPS) is 10.9. The van der Waals surface area contributed by atoms with Crippen molar-refractivity contribution in [2.45, 2.75) is 19.4 Å². The first-order chi connectivity index (χ1) is 12.7. The van der Waals surface area contributed by atoms with E-state index in [1.54, 1.807) is 6.07 Å². The van der Waals surface area contributed by atoms with Crippen LogP contribution in [0.3, 0.4) is 0 Å². The van der Waals surface area contributed by atoms with Gasteiger partial charge in [-0.25, -0.2) is 0 Å². The molecule has 1 N–H and O–H groups in total. The molecule has 0 aliphatic carbocycles. The van der Waals surface area contributed by atoms with Gasteiger partial charge in [-0.2, -0.15) is 8.42 Å². The summed E-state index contributed by atoms with van der Waals surface area (Å²) in [7, 11) is -2.84. The highest BCUT2D eigenvalue weighted by atomic mass is 32.2. The van der Waals surface area contributed by atoms with Crippen LogP contribution in [0.2, 0.25) is 0 Å². The quantitative estimate of drug-likeness (QED) is 0.686. The lowest BCUT2D eigenvalue weighted by Gasteiger charge is -2.07. The van der Waals surface area contributed by atoms with E-state index >= 15 is 0 Å². The molecule has 7 heteroatoms. The van der Waals surface area contributed by atoms with Gasteiger partial charge in [0.2, 0.25) is 0 Å². The summed E-state index contributed by atoms with van der Waals surface area (Å²) in [5, 5.41) is 10.8. The van der Waals surface area contributed by atoms with E-state index in [0.717, 1.165) is 5.39 Å². The Hall–Kier alpha value is -3.21. The predicted molar refractivity (Wildman–Crippen MR) is 101 cm³/mol. The summed E-state index contributed by atoms with van der Waals surface area (Å²) in [6, 6.07) is 13.8. The van der Waals surface area contributed by atoms with Gasteiger partial charge in [-0.05, 0) is 44.2 Å². The third kappa shape index (κ3) is 4.50. The Labute approximate surface area is 157 Å². The number of amides is 1. The number of hydrogen-bond donors (Lipinski definition) is 1. The molecule has 136 valence electrons. The number of rotatable bonds is 2. The lowest BCUT2D eigenvalue weighted by Crippen LogP contribution is -2.14. The minimum absolute atomic E-state index is 0.0686. The number of nitrogens with zero attached hydrogens (tertiary/aromatic N) is 1. The Morgan fingerprint density at radius 2 is 1.89 bits per heavy atom. The van der Waals surface area contributed by atoms with E-state index in [2.05, 4.69) is 16.2 Å². The Kier molecular flexibility index (Phi) is 4.95. The van der Waals surface area contributed by atoms with E-state index in [1.807, 2.05) is 30.3 Å².